The molecule has 3 rings (SSSR count). The third-order valence-electron chi connectivity index (χ3n) is 5.07. The van der Waals surface area contributed by atoms with Gasteiger partial charge in [-0.05, 0) is 31.0 Å². The van der Waals surface area contributed by atoms with Crippen molar-refractivity contribution in [3.63, 3.8) is 0 Å². The predicted octanol–water partition coefficient (Wildman–Crippen LogP) is 3.52. The molecule has 152 valence electrons. The number of amides is 1. The van der Waals surface area contributed by atoms with E-state index < -0.39 is 0 Å². The summed E-state index contributed by atoms with van der Waals surface area (Å²) < 4.78 is 7.04. The molecule has 0 bridgehead atoms. The van der Waals surface area contributed by atoms with Crippen LogP contribution in [-0.4, -0.2) is 22.6 Å². The van der Waals surface area contributed by atoms with Gasteiger partial charge in [0.15, 0.2) is 0 Å². The Morgan fingerprint density at radius 3 is 2.55 bits per heavy atom. The Balaban J connectivity index is 1.95. The number of unbranched alkanes of at least 4 members (excludes halogenated alkanes) is 1. The number of rotatable bonds is 7. The van der Waals surface area contributed by atoms with Crippen molar-refractivity contribution in [2.24, 2.45) is 7.05 Å². The van der Waals surface area contributed by atoms with Crippen molar-refractivity contribution in [3.8, 4) is 5.75 Å². The van der Waals surface area contributed by atoms with E-state index in [1.165, 1.54) is 7.11 Å². The van der Waals surface area contributed by atoms with E-state index in [2.05, 4.69) is 17.2 Å². The number of benzene rings is 2. The lowest BCUT2D eigenvalue weighted by atomic mass is 10.1. The molecule has 0 saturated heterocycles. The number of nitrogens with one attached hydrogen (secondary N) is 1. The molecule has 0 aliphatic rings. The van der Waals surface area contributed by atoms with Crippen LogP contribution in [0, 0.1) is 6.92 Å². The first kappa shape index (κ1) is 20.6. The smallest absolute Gasteiger partial charge is 0.264 e. The summed E-state index contributed by atoms with van der Waals surface area (Å²) in [5, 5.41) is 3.23. The average Bonchev–Trinajstić information content (AvgIpc) is 2.73. The maximum Gasteiger partial charge on any atom is 0.264 e. The molecule has 0 unspecified atom stereocenters. The highest BCUT2D eigenvalue weighted by Crippen LogP contribution is 2.27. The number of carbonyl (C=O) groups excluding carboxylic acids is 1. The van der Waals surface area contributed by atoms with E-state index in [9.17, 15) is 9.59 Å². The fourth-order valence-electron chi connectivity index (χ4n) is 3.30. The highest BCUT2D eigenvalue weighted by molar-refractivity contribution is 6.02. The lowest BCUT2D eigenvalue weighted by Gasteiger charge is -2.14. The Hall–Kier alpha value is -3.15. The zero-order valence-electron chi connectivity index (χ0n) is 17.4. The van der Waals surface area contributed by atoms with Gasteiger partial charge in [0.2, 0.25) is 0 Å². The normalized spacial score (nSPS) is 10.9. The van der Waals surface area contributed by atoms with E-state index in [0.717, 1.165) is 36.2 Å². The second-order valence-corrected chi connectivity index (χ2v) is 7.20. The minimum atomic E-state index is -0.290. The van der Waals surface area contributed by atoms with E-state index in [0.29, 0.717) is 23.0 Å². The molecule has 6 nitrogen and oxygen atoms in total. The van der Waals surface area contributed by atoms with Crippen LogP contribution >= 0.6 is 0 Å². The molecule has 0 aliphatic carbocycles. The van der Waals surface area contributed by atoms with Crippen LogP contribution in [0.5, 0.6) is 5.75 Å². The molecule has 0 radical (unpaired) electrons. The van der Waals surface area contributed by atoms with Gasteiger partial charge in [0.1, 0.15) is 17.0 Å². The van der Waals surface area contributed by atoms with Crippen LogP contribution in [-0.2, 0) is 20.0 Å². The predicted molar refractivity (Wildman–Crippen MR) is 114 cm³/mol. The van der Waals surface area contributed by atoms with Gasteiger partial charge < -0.3 is 10.1 Å². The van der Waals surface area contributed by atoms with Crippen LogP contribution in [0.25, 0.3) is 10.9 Å². The monoisotopic (exact) mass is 393 g/mol. The molecule has 6 heteroatoms. The number of methoxy groups -OCH3 is 1. The van der Waals surface area contributed by atoms with E-state index >= 15 is 0 Å². The average molecular weight is 393 g/mol. The maximum atomic E-state index is 13.0. The van der Waals surface area contributed by atoms with Gasteiger partial charge in [0, 0.05) is 20.0 Å². The third kappa shape index (κ3) is 4.31. The largest absolute Gasteiger partial charge is 0.495 e. The van der Waals surface area contributed by atoms with E-state index in [1.807, 2.05) is 31.2 Å². The first-order valence-corrected chi connectivity index (χ1v) is 9.86. The lowest BCUT2D eigenvalue weighted by molar-refractivity contribution is 0.0948. The second-order valence-electron chi connectivity index (χ2n) is 7.20. The number of hydrogen-bond donors (Lipinski definition) is 1. The second kappa shape index (κ2) is 8.90. The minimum Gasteiger partial charge on any atom is -0.495 e. The fourth-order valence-corrected chi connectivity index (χ4v) is 3.30. The summed E-state index contributed by atoms with van der Waals surface area (Å²) in [6.07, 6.45) is 2.72. The number of aromatic nitrogens is 2. The molecule has 1 N–H and O–H groups in total. The topological polar surface area (TPSA) is 73.2 Å². The van der Waals surface area contributed by atoms with Gasteiger partial charge in [0.25, 0.3) is 11.5 Å². The van der Waals surface area contributed by atoms with Gasteiger partial charge >= 0.3 is 0 Å². The molecule has 0 fully saturated rings. The summed E-state index contributed by atoms with van der Waals surface area (Å²) >= 11 is 0. The van der Waals surface area contributed by atoms with Crippen molar-refractivity contribution in [3.05, 3.63) is 69.3 Å². The third-order valence-corrected chi connectivity index (χ3v) is 5.07. The zero-order chi connectivity index (χ0) is 21.0. The molecule has 0 aliphatic heterocycles. The summed E-state index contributed by atoms with van der Waals surface area (Å²) in [7, 11) is 3.18. The Bertz CT molecular complexity index is 1090. The molecule has 1 aromatic heterocycles. The molecule has 0 atom stereocenters. The SMILES string of the molecule is CCCCc1nc2ccc(C(=O)NCc3ccc(C)cc3)c(OC)c2c(=O)n1C. The molecule has 1 amide bonds. The summed E-state index contributed by atoms with van der Waals surface area (Å²) in [5.41, 5.74) is 2.84. The highest BCUT2D eigenvalue weighted by Gasteiger charge is 2.20. The molecule has 0 spiro atoms. The number of aryl methyl sites for hydroxylation is 2. The molecule has 3 aromatic rings. The lowest BCUT2D eigenvalue weighted by Crippen LogP contribution is -2.26. The van der Waals surface area contributed by atoms with Crippen molar-refractivity contribution < 1.29 is 9.53 Å². The Morgan fingerprint density at radius 1 is 1.17 bits per heavy atom. The number of nitrogens with zero attached hydrogens (tertiary/aromatic N) is 2. The first-order chi connectivity index (χ1) is 14.0. The van der Waals surface area contributed by atoms with Crippen LogP contribution in [0.3, 0.4) is 0 Å². The van der Waals surface area contributed by atoms with Crippen molar-refractivity contribution in [1.29, 1.82) is 0 Å². The number of carbonyl (C=O) groups is 1. The Kier molecular flexibility index (Phi) is 6.32. The standard InChI is InChI=1S/C23H27N3O3/c1-5-6-7-19-25-18-13-12-17(21(29-4)20(18)23(28)26(19)3)22(27)24-14-16-10-8-15(2)9-11-16/h8-13H,5-7,14H2,1-4H3,(H,24,27). The van der Waals surface area contributed by atoms with Crippen LogP contribution in [0.15, 0.2) is 41.2 Å². The van der Waals surface area contributed by atoms with Crippen LogP contribution in [0.1, 0.15) is 47.1 Å². The fraction of sp³-hybridized carbons (Fsp3) is 0.348. The van der Waals surface area contributed by atoms with Gasteiger partial charge in [-0.15, -0.1) is 0 Å². The molecule has 0 saturated carbocycles. The minimum absolute atomic E-state index is 0.203. The Labute approximate surface area is 170 Å². The molecule has 1 heterocycles. The van der Waals surface area contributed by atoms with Gasteiger partial charge in [-0.2, -0.15) is 0 Å². The molecule has 2 aromatic carbocycles. The molecular weight excluding hydrogens is 366 g/mol. The van der Waals surface area contributed by atoms with Gasteiger partial charge in [-0.1, -0.05) is 43.2 Å². The highest BCUT2D eigenvalue weighted by atomic mass is 16.5. The summed E-state index contributed by atoms with van der Waals surface area (Å²) in [5.74, 6) is 0.712. The quantitative estimate of drug-likeness (QED) is 0.667. The molecular formula is C23H27N3O3. The molecule has 29 heavy (non-hydrogen) atoms. The zero-order valence-corrected chi connectivity index (χ0v) is 17.4. The van der Waals surface area contributed by atoms with Gasteiger partial charge in [0.05, 0.1) is 18.2 Å². The van der Waals surface area contributed by atoms with E-state index in [4.69, 9.17) is 4.74 Å². The summed E-state index contributed by atoms with van der Waals surface area (Å²) in [6, 6.07) is 11.3. The van der Waals surface area contributed by atoms with Crippen molar-refractivity contribution in [1.82, 2.24) is 14.9 Å². The van der Waals surface area contributed by atoms with Crippen molar-refractivity contribution in [2.75, 3.05) is 7.11 Å². The first-order valence-electron chi connectivity index (χ1n) is 9.86. The summed E-state index contributed by atoms with van der Waals surface area (Å²) in [4.78, 5) is 30.4. The van der Waals surface area contributed by atoms with Crippen LogP contribution in [0.2, 0.25) is 0 Å². The number of hydrogen-bond acceptors (Lipinski definition) is 4. The number of ether oxygens (including phenoxy) is 1. The summed E-state index contributed by atoms with van der Waals surface area (Å²) in [6.45, 7) is 4.51. The van der Waals surface area contributed by atoms with Gasteiger partial charge in [-0.3, -0.25) is 14.2 Å². The van der Waals surface area contributed by atoms with Crippen LogP contribution < -0.4 is 15.6 Å². The van der Waals surface area contributed by atoms with E-state index in [1.54, 1.807) is 23.7 Å². The number of fused-ring (bicyclic) bond motifs is 1. The van der Waals surface area contributed by atoms with Crippen molar-refractivity contribution in [2.45, 2.75) is 39.7 Å². The van der Waals surface area contributed by atoms with E-state index in [-0.39, 0.29) is 17.2 Å². The van der Waals surface area contributed by atoms with Crippen LogP contribution in [0.4, 0.5) is 0 Å². The maximum absolute atomic E-state index is 13.0. The van der Waals surface area contributed by atoms with Gasteiger partial charge in [-0.25, -0.2) is 4.98 Å². The Morgan fingerprint density at radius 2 is 1.90 bits per heavy atom. The van der Waals surface area contributed by atoms with Crippen molar-refractivity contribution >= 4 is 16.8 Å².